The third-order valence-electron chi connectivity index (χ3n) is 2.44. The molecule has 0 aromatic carbocycles. The quantitative estimate of drug-likeness (QED) is 0.758. The van der Waals surface area contributed by atoms with Crippen molar-refractivity contribution in [3.63, 3.8) is 0 Å². The zero-order valence-electron chi connectivity index (χ0n) is 8.40. The Morgan fingerprint density at radius 1 is 1.57 bits per heavy atom. The average molecular weight is 196 g/mol. The number of rotatable bonds is 2. The summed E-state index contributed by atoms with van der Waals surface area (Å²) < 4.78 is 11.0. The van der Waals surface area contributed by atoms with Gasteiger partial charge in [0.1, 0.15) is 5.76 Å². The second-order valence-corrected chi connectivity index (χ2v) is 3.56. The molecule has 0 radical (unpaired) electrons. The summed E-state index contributed by atoms with van der Waals surface area (Å²) in [6.45, 7) is 4.94. The summed E-state index contributed by atoms with van der Waals surface area (Å²) in [6.07, 6.45) is 0.133. The highest BCUT2D eigenvalue weighted by Gasteiger charge is 2.20. The van der Waals surface area contributed by atoms with Crippen LogP contribution in [0.1, 0.15) is 5.76 Å². The Bertz CT molecular complexity index is 298. The first-order valence-corrected chi connectivity index (χ1v) is 4.92. The minimum absolute atomic E-state index is 0.133. The first-order valence-electron chi connectivity index (χ1n) is 4.92. The molecule has 0 spiro atoms. The smallest absolute Gasteiger partial charge is 0.195 e. The zero-order valence-corrected chi connectivity index (χ0v) is 8.40. The summed E-state index contributed by atoms with van der Waals surface area (Å²) in [4.78, 5) is 2.17. The Kier molecular flexibility index (Phi) is 2.74. The number of nitrogens with zero attached hydrogens (tertiary/aromatic N) is 1. The first-order chi connectivity index (χ1) is 6.79. The van der Waals surface area contributed by atoms with Crippen molar-refractivity contribution < 1.29 is 9.15 Å². The lowest BCUT2D eigenvalue weighted by molar-refractivity contribution is 0.0451. The SMILES string of the molecule is Cc1ccc(N2CCO[C@@H](CN)C2)o1. The highest BCUT2D eigenvalue weighted by molar-refractivity contribution is 5.36. The third-order valence-corrected chi connectivity index (χ3v) is 2.44. The van der Waals surface area contributed by atoms with Gasteiger partial charge in [0.15, 0.2) is 5.88 Å². The molecule has 14 heavy (non-hydrogen) atoms. The van der Waals surface area contributed by atoms with E-state index in [1.807, 2.05) is 19.1 Å². The van der Waals surface area contributed by atoms with Crippen molar-refractivity contribution in [2.75, 3.05) is 31.1 Å². The molecule has 1 fully saturated rings. The maximum Gasteiger partial charge on any atom is 0.195 e. The van der Waals surface area contributed by atoms with Crippen molar-refractivity contribution in [1.29, 1.82) is 0 Å². The Hall–Kier alpha value is -1.00. The van der Waals surface area contributed by atoms with Crippen LogP contribution in [0.5, 0.6) is 0 Å². The molecule has 1 aliphatic rings. The van der Waals surface area contributed by atoms with Crippen LogP contribution in [0.25, 0.3) is 0 Å². The third kappa shape index (κ3) is 1.91. The van der Waals surface area contributed by atoms with E-state index in [9.17, 15) is 0 Å². The largest absolute Gasteiger partial charge is 0.446 e. The summed E-state index contributed by atoms with van der Waals surface area (Å²) in [5.41, 5.74) is 5.57. The van der Waals surface area contributed by atoms with E-state index in [0.717, 1.165) is 31.3 Å². The van der Waals surface area contributed by atoms with Gasteiger partial charge in [-0.1, -0.05) is 0 Å². The maximum absolute atomic E-state index is 5.57. The molecule has 1 aromatic heterocycles. The van der Waals surface area contributed by atoms with E-state index in [1.165, 1.54) is 0 Å². The second kappa shape index (κ2) is 4.02. The van der Waals surface area contributed by atoms with E-state index in [4.69, 9.17) is 14.9 Å². The molecule has 1 aromatic rings. The fraction of sp³-hybridized carbons (Fsp3) is 0.600. The number of aryl methyl sites for hydroxylation is 1. The van der Waals surface area contributed by atoms with Crippen molar-refractivity contribution >= 4 is 5.88 Å². The van der Waals surface area contributed by atoms with Crippen LogP contribution in [0.2, 0.25) is 0 Å². The predicted octanol–water partition coefficient (Wildman–Crippen LogP) is 0.752. The minimum Gasteiger partial charge on any atom is -0.446 e. The van der Waals surface area contributed by atoms with E-state index in [0.29, 0.717) is 6.54 Å². The van der Waals surface area contributed by atoms with E-state index >= 15 is 0 Å². The van der Waals surface area contributed by atoms with Gasteiger partial charge in [-0.25, -0.2) is 0 Å². The van der Waals surface area contributed by atoms with Gasteiger partial charge in [0.05, 0.1) is 12.7 Å². The van der Waals surface area contributed by atoms with Gasteiger partial charge < -0.3 is 19.8 Å². The van der Waals surface area contributed by atoms with Crippen LogP contribution in [0, 0.1) is 6.92 Å². The minimum atomic E-state index is 0.133. The normalized spacial score (nSPS) is 22.7. The monoisotopic (exact) mass is 196 g/mol. The van der Waals surface area contributed by atoms with Gasteiger partial charge in [0.2, 0.25) is 0 Å². The molecule has 78 valence electrons. The lowest BCUT2D eigenvalue weighted by Gasteiger charge is -2.32. The van der Waals surface area contributed by atoms with Crippen LogP contribution >= 0.6 is 0 Å². The molecule has 1 saturated heterocycles. The molecule has 1 aliphatic heterocycles. The molecule has 0 saturated carbocycles. The number of morpholine rings is 1. The topological polar surface area (TPSA) is 51.6 Å². The Morgan fingerprint density at radius 3 is 3.07 bits per heavy atom. The summed E-state index contributed by atoms with van der Waals surface area (Å²) in [5.74, 6) is 1.86. The van der Waals surface area contributed by atoms with Gasteiger partial charge in [-0.15, -0.1) is 0 Å². The number of nitrogens with two attached hydrogens (primary N) is 1. The van der Waals surface area contributed by atoms with E-state index in [1.54, 1.807) is 0 Å². The van der Waals surface area contributed by atoms with Crippen LogP contribution in [0.4, 0.5) is 5.88 Å². The molecular formula is C10H16N2O2. The summed E-state index contributed by atoms with van der Waals surface area (Å²) in [7, 11) is 0. The molecular weight excluding hydrogens is 180 g/mol. The fourth-order valence-electron chi connectivity index (χ4n) is 1.65. The molecule has 4 heteroatoms. The predicted molar refractivity (Wildman–Crippen MR) is 54.5 cm³/mol. The molecule has 0 aliphatic carbocycles. The highest BCUT2D eigenvalue weighted by atomic mass is 16.5. The summed E-state index contributed by atoms with van der Waals surface area (Å²) in [6, 6.07) is 3.97. The summed E-state index contributed by atoms with van der Waals surface area (Å²) >= 11 is 0. The van der Waals surface area contributed by atoms with Crippen LogP contribution in [-0.4, -0.2) is 32.3 Å². The molecule has 1 atom stereocenters. The van der Waals surface area contributed by atoms with Crippen molar-refractivity contribution in [3.8, 4) is 0 Å². The van der Waals surface area contributed by atoms with Crippen LogP contribution < -0.4 is 10.6 Å². The number of furan rings is 1. The van der Waals surface area contributed by atoms with E-state index in [2.05, 4.69) is 4.90 Å². The molecule has 2 rings (SSSR count). The van der Waals surface area contributed by atoms with E-state index < -0.39 is 0 Å². The molecule has 2 heterocycles. The Balaban J connectivity index is 2.04. The fourth-order valence-corrected chi connectivity index (χ4v) is 1.65. The zero-order chi connectivity index (χ0) is 9.97. The lowest BCUT2D eigenvalue weighted by Crippen LogP contribution is -2.45. The van der Waals surface area contributed by atoms with E-state index in [-0.39, 0.29) is 6.10 Å². The standard InChI is InChI=1S/C10H16N2O2/c1-8-2-3-10(14-8)12-4-5-13-9(6-11)7-12/h2-3,9H,4-7,11H2,1H3/t9-/m0/s1. The lowest BCUT2D eigenvalue weighted by atomic mass is 10.3. The first kappa shape index (κ1) is 9.55. The van der Waals surface area contributed by atoms with Crippen molar-refractivity contribution in [2.24, 2.45) is 5.73 Å². The van der Waals surface area contributed by atoms with Crippen molar-refractivity contribution in [1.82, 2.24) is 0 Å². The number of hydrogen-bond donors (Lipinski definition) is 1. The van der Waals surface area contributed by atoms with Gasteiger partial charge >= 0.3 is 0 Å². The van der Waals surface area contributed by atoms with Crippen molar-refractivity contribution in [3.05, 3.63) is 17.9 Å². The maximum atomic E-state index is 5.57. The molecule has 0 unspecified atom stereocenters. The van der Waals surface area contributed by atoms with Crippen molar-refractivity contribution in [2.45, 2.75) is 13.0 Å². The second-order valence-electron chi connectivity index (χ2n) is 3.56. The average Bonchev–Trinajstić information content (AvgIpc) is 2.65. The summed E-state index contributed by atoms with van der Waals surface area (Å²) in [5, 5.41) is 0. The highest BCUT2D eigenvalue weighted by Crippen LogP contribution is 2.20. The van der Waals surface area contributed by atoms with Gasteiger partial charge in [0.25, 0.3) is 0 Å². The molecule has 2 N–H and O–H groups in total. The van der Waals surface area contributed by atoms with Crippen LogP contribution in [0.3, 0.4) is 0 Å². The molecule has 4 nitrogen and oxygen atoms in total. The Labute approximate surface area is 83.6 Å². The number of hydrogen-bond acceptors (Lipinski definition) is 4. The van der Waals surface area contributed by atoms with Gasteiger partial charge in [-0.2, -0.15) is 0 Å². The van der Waals surface area contributed by atoms with Gasteiger partial charge in [-0.05, 0) is 13.0 Å². The molecule has 0 amide bonds. The van der Waals surface area contributed by atoms with Gasteiger partial charge in [0, 0.05) is 25.7 Å². The Morgan fingerprint density at radius 2 is 2.43 bits per heavy atom. The number of ether oxygens (including phenoxy) is 1. The van der Waals surface area contributed by atoms with Crippen LogP contribution in [0.15, 0.2) is 16.5 Å². The molecule has 0 bridgehead atoms. The van der Waals surface area contributed by atoms with Gasteiger partial charge in [-0.3, -0.25) is 0 Å². The number of anilines is 1. The van der Waals surface area contributed by atoms with Crippen LogP contribution in [-0.2, 0) is 4.74 Å².